The Kier molecular flexibility index (Phi) is 3.21. The van der Waals surface area contributed by atoms with E-state index in [2.05, 4.69) is 49.4 Å². The van der Waals surface area contributed by atoms with Crippen LogP contribution >= 0.6 is 0 Å². The van der Waals surface area contributed by atoms with Crippen molar-refractivity contribution in [2.24, 2.45) is 0 Å². The van der Waals surface area contributed by atoms with Crippen molar-refractivity contribution in [1.82, 2.24) is 0 Å². The van der Waals surface area contributed by atoms with Crippen LogP contribution in [0.5, 0.6) is 0 Å². The molecule has 2 aromatic carbocycles. The fraction of sp³-hybridized carbons (Fsp3) is 0.0625. The molecule has 0 fully saturated rings. The van der Waals surface area contributed by atoms with Crippen molar-refractivity contribution in [1.29, 1.82) is 0 Å². The zero-order valence-corrected chi connectivity index (χ0v) is 9.48. The summed E-state index contributed by atoms with van der Waals surface area (Å²) in [7, 11) is 0. The van der Waals surface area contributed by atoms with Crippen LogP contribution in [0.3, 0.4) is 0 Å². The summed E-state index contributed by atoms with van der Waals surface area (Å²) in [5, 5.41) is 0. The molecule has 0 nitrogen and oxygen atoms in total. The SMILES string of the molecule is [CH2]c1ccc(-c2ccc(C=CC)cc2)cc1. The van der Waals surface area contributed by atoms with Crippen molar-refractivity contribution in [2.45, 2.75) is 6.92 Å². The van der Waals surface area contributed by atoms with Crippen LogP contribution in [0.1, 0.15) is 18.1 Å². The Bertz CT molecular complexity index is 472. The molecule has 16 heavy (non-hydrogen) atoms. The molecule has 0 aromatic heterocycles. The maximum atomic E-state index is 3.88. The van der Waals surface area contributed by atoms with Crippen LogP contribution in [-0.2, 0) is 0 Å². The Morgan fingerprint density at radius 3 is 1.81 bits per heavy atom. The molecule has 0 N–H and O–H groups in total. The third-order valence-corrected chi connectivity index (χ3v) is 2.56. The van der Waals surface area contributed by atoms with Crippen LogP contribution < -0.4 is 0 Å². The molecule has 0 aliphatic heterocycles. The highest BCUT2D eigenvalue weighted by Crippen LogP contribution is 2.20. The molecule has 0 saturated carbocycles. The molecule has 79 valence electrons. The Labute approximate surface area is 97.3 Å². The van der Waals surface area contributed by atoms with Gasteiger partial charge in [-0.15, -0.1) is 0 Å². The minimum Gasteiger partial charge on any atom is -0.0871 e. The predicted molar refractivity (Wildman–Crippen MR) is 71.0 cm³/mol. The molecule has 2 rings (SSSR count). The van der Waals surface area contributed by atoms with Crippen LogP contribution in [-0.4, -0.2) is 0 Å². The summed E-state index contributed by atoms with van der Waals surface area (Å²) < 4.78 is 0. The van der Waals surface area contributed by atoms with E-state index in [0.29, 0.717) is 0 Å². The molecule has 0 atom stereocenters. The smallest absolute Gasteiger partial charge is 0.0184 e. The van der Waals surface area contributed by atoms with Crippen molar-refractivity contribution in [2.75, 3.05) is 0 Å². The molecular weight excluding hydrogens is 192 g/mol. The van der Waals surface area contributed by atoms with Gasteiger partial charge in [0.2, 0.25) is 0 Å². The largest absolute Gasteiger partial charge is 0.0871 e. The Hall–Kier alpha value is -1.82. The van der Waals surface area contributed by atoms with Gasteiger partial charge in [0.1, 0.15) is 0 Å². The van der Waals surface area contributed by atoms with Gasteiger partial charge in [0.25, 0.3) is 0 Å². The lowest BCUT2D eigenvalue weighted by Crippen LogP contribution is -1.79. The van der Waals surface area contributed by atoms with Crippen molar-refractivity contribution < 1.29 is 0 Å². The molecule has 0 amide bonds. The van der Waals surface area contributed by atoms with Gasteiger partial charge in [-0.1, -0.05) is 60.7 Å². The molecule has 2 aromatic rings. The van der Waals surface area contributed by atoms with Gasteiger partial charge in [0, 0.05) is 0 Å². The van der Waals surface area contributed by atoms with Gasteiger partial charge >= 0.3 is 0 Å². The second kappa shape index (κ2) is 4.80. The molecule has 0 aliphatic carbocycles. The van der Waals surface area contributed by atoms with E-state index >= 15 is 0 Å². The summed E-state index contributed by atoms with van der Waals surface area (Å²) in [5.74, 6) is 0. The average molecular weight is 207 g/mol. The van der Waals surface area contributed by atoms with Gasteiger partial charge in [-0.2, -0.15) is 0 Å². The monoisotopic (exact) mass is 207 g/mol. The zero-order valence-electron chi connectivity index (χ0n) is 9.48. The van der Waals surface area contributed by atoms with Gasteiger partial charge in [-0.05, 0) is 36.1 Å². The zero-order chi connectivity index (χ0) is 11.4. The number of allylic oxidation sites excluding steroid dienone is 1. The maximum absolute atomic E-state index is 3.88. The highest BCUT2D eigenvalue weighted by atomic mass is 14.0. The second-order valence-electron chi connectivity index (χ2n) is 3.82. The topological polar surface area (TPSA) is 0 Å². The molecule has 0 heterocycles. The summed E-state index contributed by atoms with van der Waals surface area (Å²) in [6.07, 6.45) is 4.15. The van der Waals surface area contributed by atoms with Gasteiger partial charge in [-0.3, -0.25) is 0 Å². The number of rotatable bonds is 2. The van der Waals surface area contributed by atoms with E-state index in [1.807, 2.05) is 25.1 Å². The van der Waals surface area contributed by atoms with Gasteiger partial charge in [0.05, 0.1) is 0 Å². The Balaban J connectivity index is 2.31. The molecule has 1 radical (unpaired) electrons. The minimum atomic E-state index is 1.05. The third-order valence-electron chi connectivity index (χ3n) is 2.56. The predicted octanol–water partition coefficient (Wildman–Crippen LogP) is 4.57. The molecule has 0 unspecified atom stereocenters. The highest BCUT2D eigenvalue weighted by Gasteiger charge is 1.96. The van der Waals surface area contributed by atoms with Crippen molar-refractivity contribution in [3.63, 3.8) is 0 Å². The maximum Gasteiger partial charge on any atom is -0.0184 e. The minimum absolute atomic E-state index is 1.05. The first kappa shape index (κ1) is 10.7. The fourth-order valence-electron chi connectivity index (χ4n) is 1.68. The van der Waals surface area contributed by atoms with Crippen LogP contribution in [0.25, 0.3) is 17.2 Å². The quantitative estimate of drug-likeness (QED) is 0.676. The normalized spacial score (nSPS) is 10.9. The van der Waals surface area contributed by atoms with E-state index in [9.17, 15) is 0 Å². The van der Waals surface area contributed by atoms with E-state index in [0.717, 1.165) is 5.56 Å². The first-order valence-corrected chi connectivity index (χ1v) is 5.45. The molecular formula is C16H15. The summed E-state index contributed by atoms with van der Waals surface area (Å²) in [4.78, 5) is 0. The molecule has 0 spiro atoms. The Morgan fingerprint density at radius 1 is 0.812 bits per heavy atom. The van der Waals surface area contributed by atoms with E-state index in [1.165, 1.54) is 16.7 Å². The molecule has 0 heteroatoms. The van der Waals surface area contributed by atoms with E-state index in [4.69, 9.17) is 0 Å². The van der Waals surface area contributed by atoms with Gasteiger partial charge in [0.15, 0.2) is 0 Å². The summed E-state index contributed by atoms with van der Waals surface area (Å²) in [6, 6.07) is 16.8. The van der Waals surface area contributed by atoms with Crippen molar-refractivity contribution in [3.8, 4) is 11.1 Å². The van der Waals surface area contributed by atoms with Crippen LogP contribution in [0.15, 0.2) is 54.6 Å². The van der Waals surface area contributed by atoms with Crippen LogP contribution in [0.4, 0.5) is 0 Å². The van der Waals surface area contributed by atoms with E-state index < -0.39 is 0 Å². The average Bonchev–Trinajstić information content (AvgIpc) is 2.32. The molecule has 0 aliphatic rings. The standard InChI is InChI=1S/C16H15/c1-3-4-14-7-11-16(12-8-14)15-9-5-13(2)6-10-15/h3-12H,2H2,1H3. The summed E-state index contributed by atoms with van der Waals surface area (Å²) in [6.45, 7) is 5.91. The van der Waals surface area contributed by atoms with E-state index in [1.54, 1.807) is 0 Å². The van der Waals surface area contributed by atoms with Gasteiger partial charge in [-0.25, -0.2) is 0 Å². The van der Waals surface area contributed by atoms with Crippen LogP contribution in [0.2, 0.25) is 0 Å². The van der Waals surface area contributed by atoms with Crippen molar-refractivity contribution in [3.05, 3.63) is 72.7 Å². The summed E-state index contributed by atoms with van der Waals surface area (Å²) >= 11 is 0. The fourth-order valence-corrected chi connectivity index (χ4v) is 1.68. The lowest BCUT2D eigenvalue weighted by Gasteiger charge is -2.02. The van der Waals surface area contributed by atoms with Crippen molar-refractivity contribution >= 4 is 6.08 Å². The number of benzene rings is 2. The molecule has 0 bridgehead atoms. The molecule has 0 saturated heterocycles. The number of hydrogen-bond donors (Lipinski definition) is 0. The second-order valence-corrected chi connectivity index (χ2v) is 3.82. The van der Waals surface area contributed by atoms with E-state index in [-0.39, 0.29) is 0 Å². The van der Waals surface area contributed by atoms with Crippen LogP contribution in [0, 0.1) is 6.92 Å². The number of hydrogen-bond acceptors (Lipinski definition) is 0. The first-order chi connectivity index (χ1) is 7.79. The first-order valence-electron chi connectivity index (χ1n) is 5.45. The lowest BCUT2D eigenvalue weighted by atomic mass is 10.0. The highest BCUT2D eigenvalue weighted by molar-refractivity contribution is 5.66. The third kappa shape index (κ3) is 2.40. The van der Waals surface area contributed by atoms with Gasteiger partial charge < -0.3 is 0 Å². The summed E-state index contributed by atoms with van der Waals surface area (Å²) in [5.41, 5.74) is 4.77. The Morgan fingerprint density at radius 2 is 1.31 bits per heavy atom. The lowest BCUT2D eigenvalue weighted by molar-refractivity contribution is 1.56.